The second-order valence-electron chi connectivity index (χ2n) is 4.80. The number of hydrogen-bond donors (Lipinski definition) is 2. The van der Waals surface area contributed by atoms with Gasteiger partial charge in [-0.15, -0.1) is 0 Å². The Morgan fingerprint density at radius 2 is 1.95 bits per heavy atom. The van der Waals surface area contributed by atoms with Crippen molar-refractivity contribution in [1.82, 2.24) is 15.6 Å². The van der Waals surface area contributed by atoms with Gasteiger partial charge in [-0.2, -0.15) is 0 Å². The summed E-state index contributed by atoms with van der Waals surface area (Å²) >= 11 is 0. The molecule has 0 spiro atoms. The first-order chi connectivity index (χ1) is 10.3. The molecular formula is C16H21N3O2. The van der Waals surface area contributed by atoms with Gasteiger partial charge in [0, 0.05) is 25.1 Å². The largest absolute Gasteiger partial charge is 0.444 e. The van der Waals surface area contributed by atoms with Crippen molar-refractivity contribution in [2.75, 3.05) is 13.1 Å². The lowest BCUT2D eigenvalue weighted by molar-refractivity contribution is 0.241. The fraction of sp³-hybridized carbons (Fsp3) is 0.375. The van der Waals surface area contributed by atoms with Crippen molar-refractivity contribution in [1.29, 1.82) is 0 Å². The van der Waals surface area contributed by atoms with Gasteiger partial charge in [-0.1, -0.05) is 31.5 Å². The first-order valence-corrected chi connectivity index (χ1v) is 7.31. The summed E-state index contributed by atoms with van der Waals surface area (Å²) in [7, 11) is 0. The van der Waals surface area contributed by atoms with Crippen LogP contribution in [0.25, 0.3) is 11.5 Å². The predicted molar refractivity (Wildman–Crippen MR) is 82.0 cm³/mol. The van der Waals surface area contributed by atoms with E-state index < -0.39 is 0 Å². The Morgan fingerprint density at radius 3 is 2.71 bits per heavy atom. The fourth-order valence-corrected chi connectivity index (χ4v) is 1.88. The van der Waals surface area contributed by atoms with Crippen LogP contribution < -0.4 is 10.6 Å². The van der Waals surface area contributed by atoms with Gasteiger partial charge in [0.25, 0.3) is 0 Å². The first-order valence-electron chi connectivity index (χ1n) is 7.31. The Balaban J connectivity index is 1.75. The highest BCUT2D eigenvalue weighted by molar-refractivity contribution is 5.73. The van der Waals surface area contributed by atoms with Crippen molar-refractivity contribution in [3.05, 3.63) is 42.3 Å². The molecule has 1 aromatic carbocycles. The number of rotatable bonds is 7. The summed E-state index contributed by atoms with van der Waals surface area (Å²) in [6.07, 6.45) is 4.36. The maximum atomic E-state index is 11.5. The van der Waals surface area contributed by atoms with Gasteiger partial charge in [-0.05, 0) is 18.6 Å². The average molecular weight is 287 g/mol. The summed E-state index contributed by atoms with van der Waals surface area (Å²) in [6.45, 7) is 3.34. The standard InChI is InChI=1S/C16H21N3O2/c1-2-3-10-17-16(20)18-11-9-14-12-21-15(19-14)13-7-5-4-6-8-13/h4-8,12H,2-3,9-11H2,1H3,(H2,17,18,20). The summed E-state index contributed by atoms with van der Waals surface area (Å²) in [6, 6.07) is 9.62. The average Bonchev–Trinajstić information content (AvgIpc) is 2.97. The third kappa shape index (κ3) is 4.95. The molecule has 21 heavy (non-hydrogen) atoms. The Bertz CT molecular complexity index is 552. The number of nitrogens with zero attached hydrogens (tertiary/aromatic N) is 1. The molecule has 5 heteroatoms. The lowest BCUT2D eigenvalue weighted by Crippen LogP contribution is -2.37. The monoisotopic (exact) mass is 287 g/mol. The van der Waals surface area contributed by atoms with Crippen LogP contribution in [0.1, 0.15) is 25.5 Å². The number of unbranched alkanes of at least 4 members (excludes halogenated alkanes) is 1. The molecule has 0 saturated heterocycles. The van der Waals surface area contributed by atoms with E-state index in [9.17, 15) is 4.79 Å². The molecule has 0 atom stereocenters. The zero-order chi connectivity index (χ0) is 14.9. The van der Waals surface area contributed by atoms with Crippen molar-refractivity contribution < 1.29 is 9.21 Å². The fourth-order valence-electron chi connectivity index (χ4n) is 1.88. The summed E-state index contributed by atoms with van der Waals surface area (Å²) in [5.41, 5.74) is 1.79. The molecule has 0 aliphatic heterocycles. The highest BCUT2D eigenvalue weighted by Crippen LogP contribution is 2.17. The van der Waals surface area contributed by atoms with E-state index in [-0.39, 0.29) is 6.03 Å². The van der Waals surface area contributed by atoms with E-state index in [4.69, 9.17) is 4.42 Å². The molecule has 2 aromatic rings. The van der Waals surface area contributed by atoms with Crippen LogP contribution in [0.5, 0.6) is 0 Å². The van der Waals surface area contributed by atoms with Crippen LogP contribution in [-0.2, 0) is 6.42 Å². The third-order valence-corrected chi connectivity index (χ3v) is 3.06. The topological polar surface area (TPSA) is 67.2 Å². The van der Waals surface area contributed by atoms with Crippen LogP contribution in [-0.4, -0.2) is 24.1 Å². The molecule has 0 fully saturated rings. The summed E-state index contributed by atoms with van der Waals surface area (Å²) in [5, 5.41) is 5.61. The quantitative estimate of drug-likeness (QED) is 0.769. The number of aromatic nitrogens is 1. The van der Waals surface area contributed by atoms with E-state index in [1.165, 1.54) is 0 Å². The van der Waals surface area contributed by atoms with Crippen LogP contribution in [0.4, 0.5) is 4.79 Å². The molecule has 0 aliphatic rings. The van der Waals surface area contributed by atoms with Gasteiger partial charge in [0.2, 0.25) is 5.89 Å². The van der Waals surface area contributed by atoms with E-state index in [0.29, 0.717) is 25.4 Å². The lowest BCUT2D eigenvalue weighted by Gasteiger charge is -2.05. The maximum Gasteiger partial charge on any atom is 0.314 e. The van der Waals surface area contributed by atoms with Gasteiger partial charge in [0.1, 0.15) is 6.26 Å². The number of hydrogen-bond acceptors (Lipinski definition) is 3. The van der Waals surface area contributed by atoms with Crippen molar-refractivity contribution in [2.45, 2.75) is 26.2 Å². The molecule has 2 N–H and O–H groups in total. The molecule has 0 saturated carbocycles. The molecule has 2 rings (SSSR count). The van der Waals surface area contributed by atoms with Gasteiger partial charge in [-0.25, -0.2) is 9.78 Å². The molecule has 0 bridgehead atoms. The van der Waals surface area contributed by atoms with Crippen LogP contribution in [0.2, 0.25) is 0 Å². The minimum Gasteiger partial charge on any atom is -0.444 e. The predicted octanol–water partition coefficient (Wildman–Crippen LogP) is 2.98. The number of carbonyl (C=O) groups excluding carboxylic acids is 1. The van der Waals surface area contributed by atoms with E-state index in [1.54, 1.807) is 6.26 Å². The zero-order valence-corrected chi connectivity index (χ0v) is 12.3. The second kappa shape index (κ2) is 8.09. The molecule has 2 amide bonds. The summed E-state index contributed by atoms with van der Waals surface area (Å²) < 4.78 is 5.45. The molecule has 1 heterocycles. The van der Waals surface area contributed by atoms with Crippen LogP contribution in [0, 0.1) is 0 Å². The first kappa shape index (κ1) is 15.1. The Labute approximate surface area is 124 Å². The lowest BCUT2D eigenvalue weighted by atomic mass is 10.2. The Morgan fingerprint density at radius 1 is 1.19 bits per heavy atom. The number of urea groups is 1. The van der Waals surface area contributed by atoms with Crippen LogP contribution >= 0.6 is 0 Å². The van der Waals surface area contributed by atoms with Gasteiger partial charge >= 0.3 is 6.03 Å². The molecule has 0 unspecified atom stereocenters. The van der Waals surface area contributed by atoms with Crippen molar-refractivity contribution in [3.63, 3.8) is 0 Å². The van der Waals surface area contributed by atoms with E-state index >= 15 is 0 Å². The van der Waals surface area contributed by atoms with Crippen molar-refractivity contribution in [2.24, 2.45) is 0 Å². The van der Waals surface area contributed by atoms with E-state index in [1.807, 2.05) is 30.3 Å². The molecule has 0 radical (unpaired) electrons. The highest BCUT2D eigenvalue weighted by Gasteiger charge is 2.06. The van der Waals surface area contributed by atoms with Crippen LogP contribution in [0.15, 0.2) is 41.0 Å². The Kier molecular flexibility index (Phi) is 5.82. The molecule has 112 valence electrons. The van der Waals surface area contributed by atoms with Gasteiger partial charge in [0.15, 0.2) is 0 Å². The molecule has 1 aromatic heterocycles. The van der Waals surface area contributed by atoms with E-state index in [2.05, 4.69) is 22.5 Å². The minimum atomic E-state index is -0.129. The molecule has 0 aliphatic carbocycles. The summed E-state index contributed by atoms with van der Waals surface area (Å²) in [5.74, 6) is 0.609. The smallest absolute Gasteiger partial charge is 0.314 e. The normalized spacial score (nSPS) is 10.3. The minimum absolute atomic E-state index is 0.129. The number of carbonyl (C=O) groups is 1. The summed E-state index contributed by atoms with van der Waals surface area (Å²) in [4.78, 5) is 15.9. The molecule has 5 nitrogen and oxygen atoms in total. The van der Waals surface area contributed by atoms with Crippen molar-refractivity contribution >= 4 is 6.03 Å². The van der Waals surface area contributed by atoms with Gasteiger partial charge in [0.05, 0.1) is 5.69 Å². The SMILES string of the molecule is CCCCNC(=O)NCCc1coc(-c2ccccc2)n1. The zero-order valence-electron chi connectivity index (χ0n) is 12.3. The second-order valence-corrected chi connectivity index (χ2v) is 4.80. The number of oxazole rings is 1. The Hall–Kier alpha value is -2.30. The highest BCUT2D eigenvalue weighted by atomic mass is 16.3. The maximum absolute atomic E-state index is 11.5. The number of nitrogens with one attached hydrogen (secondary N) is 2. The number of amides is 2. The molecular weight excluding hydrogens is 266 g/mol. The van der Waals surface area contributed by atoms with E-state index in [0.717, 1.165) is 24.1 Å². The van der Waals surface area contributed by atoms with Gasteiger partial charge in [-0.3, -0.25) is 0 Å². The third-order valence-electron chi connectivity index (χ3n) is 3.06. The van der Waals surface area contributed by atoms with Gasteiger partial charge < -0.3 is 15.1 Å². The van der Waals surface area contributed by atoms with Crippen molar-refractivity contribution in [3.8, 4) is 11.5 Å². The number of benzene rings is 1. The van der Waals surface area contributed by atoms with Crippen LogP contribution in [0.3, 0.4) is 0 Å².